The first-order chi connectivity index (χ1) is 8.81. The molecule has 0 spiro atoms. The van der Waals surface area contributed by atoms with Crippen molar-refractivity contribution in [2.75, 3.05) is 13.1 Å². The van der Waals surface area contributed by atoms with Gasteiger partial charge in [-0.05, 0) is 55.3 Å². The van der Waals surface area contributed by atoms with Gasteiger partial charge in [0.15, 0.2) is 0 Å². The van der Waals surface area contributed by atoms with Gasteiger partial charge in [0, 0.05) is 6.04 Å². The van der Waals surface area contributed by atoms with E-state index >= 15 is 0 Å². The molecule has 0 aliphatic rings. The maximum absolute atomic E-state index is 5.49. The molecule has 96 valence electrons. The van der Waals surface area contributed by atoms with Crippen molar-refractivity contribution in [3.05, 3.63) is 48.0 Å². The van der Waals surface area contributed by atoms with Gasteiger partial charge < -0.3 is 11.1 Å². The van der Waals surface area contributed by atoms with Crippen LogP contribution in [0.25, 0.3) is 10.8 Å². The lowest BCUT2D eigenvalue weighted by molar-refractivity contribution is 0.549. The van der Waals surface area contributed by atoms with Gasteiger partial charge in [0.25, 0.3) is 0 Å². The maximum atomic E-state index is 5.49. The third-order valence-electron chi connectivity index (χ3n) is 3.35. The highest BCUT2D eigenvalue weighted by Gasteiger charge is 2.04. The second kappa shape index (κ2) is 6.53. The lowest BCUT2D eigenvalue weighted by Crippen LogP contribution is -2.20. The van der Waals surface area contributed by atoms with Crippen LogP contribution >= 0.6 is 0 Å². The van der Waals surface area contributed by atoms with Crippen molar-refractivity contribution >= 4 is 10.8 Å². The molecule has 1 unspecified atom stereocenters. The van der Waals surface area contributed by atoms with Crippen molar-refractivity contribution < 1.29 is 0 Å². The molecule has 0 aliphatic heterocycles. The average molecular weight is 242 g/mol. The zero-order chi connectivity index (χ0) is 12.8. The van der Waals surface area contributed by atoms with E-state index in [2.05, 4.69) is 54.7 Å². The summed E-state index contributed by atoms with van der Waals surface area (Å²) in [4.78, 5) is 0. The SMILES string of the molecule is CC(NCCCCN)c1ccc2ccccc2c1. The smallest absolute Gasteiger partial charge is 0.0292 e. The first-order valence-corrected chi connectivity index (χ1v) is 6.73. The molecule has 0 bridgehead atoms. The van der Waals surface area contributed by atoms with Gasteiger partial charge in [0.05, 0.1) is 0 Å². The third-order valence-corrected chi connectivity index (χ3v) is 3.35. The van der Waals surface area contributed by atoms with E-state index in [0.717, 1.165) is 25.9 Å². The highest BCUT2D eigenvalue weighted by molar-refractivity contribution is 5.83. The van der Waals surface area contributed by atoms with Crippen molar-refractivity contribution in [2.45, 2.75) is 25.8 Å². The van der Waals surface area contributed by atoms with Gasteiger partial charge in [-0.15, -0.1) is 0 Å². The van der Waals surface area contributed by atoms with Gasteiger partial charge in [0.1, 0.15) is 0 Å². The quantitative estimate of drug-likeness (QED) is 0.763. The largest absolute Gasteiger partial charge is 0.330 e. The molecule has 3 N–H and O–H groups in total. The second-order valence-corrected chi connectivity index (χ2v) is 4.78. The Balaban J connectivity index is 2.01. The van der Waals surface area contributed by atoms with Crippen LogP contribution in [0.4, 0.5) is 0 Å². The van der Waals surface area contributed by atoms with E-state index < -0.39 is 0 Å². The molecule has 0 saturated carbocycles. The maximum Gasteiger partial charge on any atom is 0.0292 e. The Morgan fingerprint density at radius 3 is 2.61 bits per heavy atom. The summed E-state index contributed by atoms with van der Waals surface area (Å²) in [7, 11) is 0. The minimum atomic E-state index is 0.396. The lowest BCUT2D eigenvalue weighted by Gasteiger charge is -2.14. The molecule has 0 saturated heterocycles. The van der Waals surface area contributed by atoms with E-state index in [9.17, 15) is 0 Å². The van der Waals surface area contributed by atoms with Crippen LogP contribution < -0.4 is 11.1 Å². The Kier molecular flexibility index (Phi) is 4.73. The van der Waals surface area contributed by atoms with Crippen molar-refractivity contribution in [2.24, 2.45) is 5.73 Å². The van der Waals surface area contributed by atoms with E-state index in [1.165, 1.54) is 16.3 Å². The summed E-state index contributed by atoms with van der Waals surface area (Å²) in [6, 6.07) is 15.6. The average Bonchev–Trinajstić information content (AvgIpc) is 2.43. The summed E-state index contributed by atoms with van der Waals surface area (Å²) in [5, 5.41) is 6.16. The fourth-order valence-electron chi connectivity index (χ4n) is 2.18. The van der Waals surface area contributed by atoms with E-state index in [1.807, 2.05) is 0 Å². The third kappa shape index (κ3) is 3.31. The number of benzene rings is 2. The molecular formula is C16H22N2. The number of rotatable bonds is 6. The van der Waals surface area contributed by atoms with Crippen molar-refractivity contribution in [3.63, 3.8) is 0 Å². The minimum absolute atomic E-state index is 0.396. The molecule has 1 atom stereocenters. The normalized spacial score (nSPS) is 12.8. The number of hydrogen-bond acceptors (Lipinski definition) is 2. The highest BCUT2D eigenvalue weighted by atomic mass is 14.9. The molecule has 2 nitrogen and oxygen atoms in total. The summed E-state index contributed by atoms with van der Waals surface area (Å²) in [6.07, 6.45) is 2.24. The number of nitrogens with one attached hydrogen (secondary N) is 1. The van der Waals surface area contributed by atoms with Crippen LogP contribution in [0.3, 0.4) is 0 Å². The highest BCUT2D eigenvalue weighted by Crippen LogP contribution is 2.20. The molecule has 0 amide bonds. The molecule has 18 heavy (non-hydrogen) atoms. The van der Waals surface area contributed by atoms with Crippen LogP contribution in [0, 0.1) is 0 Å². The van der Waals surface area contributed by atoms with Crippen molar-refractivity contribution in [1.29, 1.82) is 0 Å². The van der Waals surface area contributed by atoms with Crippen LogP contribution in [-0.4, -0.2) is 13.1 Å². The Labute approximate surface area is 109 Å². The molecule has 0 fully saturated rings. The zero-order valence-corrected chi connectivity index (χ0v) is 11.0. The number of unbranched alkanes of at least 4 members (excludes halogenated alkanes) is 1. The Morgan fingerprint density at radius 1 is 1.06 bits per heavy atom. The monoisotopic (exact) mass is 242 g/mol. The van der Waals surface area contributed by atoms with E-state index in [4.69, 9.17) is 5.73 Å². The molecular weight excluding hydrogens is 220 g/mol. The summed E-state index contributed by atoms with van der Waals surface area (Å²) in [5.74, 6) is 0. The molecule has 2 aromatic carbocycles. The lowest BCUT2D eigenvalue weighted by atomic mass is 10.0. The Bertz CT molecular complexity index is 493. The van der Waals surface area contributed by atoms with Crippen LogP contribution in [0.15, 0.2) is 42.5 Å². The van der Waals surface area contributed by atoms with Crippen LogP contribution in [0.2, 0.25) is 0 Å². The van der Waals surface area contributed by atoms with Crippen molar-refractivity contribution in [1.82, 2.24) is 5.32 Å². The zero-order valence-electron chi connectivity index (χ0n) is 11.0. The number of nitrogens with two attached hydrogens (primary N) is 1. The first kappa shape index (κ1) is 13.1. The Hall–Kier alpha value is -1.38. The summed E-state index contributed by atoms with van der Waals surface area (Å²) >= 11 is 0. The Morgan fingerprint density at radius 2 is 1.83 bits per heavy atom. The van der Waals surface area contributed by atoms with E-state index in [1.54, 1.807) is 0 Å². The molecule has 0 aromatic heterocycles. The fourth-order valence-corrected chi connectivity index (χ4v) is 2.18. The summed E-state index contributed by atoms with van der Waals surface area (Å²) in [5.41, 5.74) is 6.84. The van der Waals surface area contributed by atoms with Gasteiger partial charge in [-0.25, -0.2) is 0 Å². The minimum Gasteiger partial charge on any atom is -0.330 e. The fraction of sp³-hybridized carbons (Fsp3) is 0.375. The topological polar surface area (TPSA) is 38.0 Å². The second-order valence-electron chi connectivity index (χ2n) is 4.78. The van der Waals surface area contributed by atoms with Crippen LogP contribution in [-0.2, 0) is 0 Å². The van der Waals surface area contributed by atoms with Gasteiger partial charge in [0.2, 0.25) is 0 Å². The molecule has 2 heteroatoms. The number of hydrogen-bond donors (Lipinski definition) is 2. The molecule has 2 rings (SSSR count). The molecule has 0 heterocycles. The van der Waals surface area contributed by atoms with Gasteiger partial charge in [-0.1, -0.05) is 36.4 Å². The predicted molar refractivity (Wildman–Crippen MR) is 78.7 cm³/mol. The van der Waals surface area contributed by atoms with Crippen LogP contribution in [0.5, 0.6) is 0 Å². The van der Waals surface area contributed by atoms with E-state index in [-0.39, 0.29) is 0 Å². The van der Waals surface area contributed by atoms with Crippen molar-refractivity contribution in [3.8, 4) is 0 Å². The predicted octanol–water partition coefficient (Wildman–Crippen LogP) is 3.23. The molecule has 2 aromatic rings. The van der Waals surface area contributed by atoms with Gasteiger partial charge >= 0.3 is 0 Å². The summed E-state index contributed by atoms with van der Waals surface area (Å²) < 4.78 is 0. The summed E-state index contributed by atoms with van der Waals surface area (Å²) in [6.45, 7) is 4.03. The van der Waals surface area contributed by atoms with Gasteiger partial charge in [-0.3, -0.25) is 0 Å². The van der Waals surface area contributed by atoms with Gasteiger partial charge in [-0.2, -0.15) is 0 Å². The molecule has 0 radical (unpaired) electrons. The van der Waals surface area contributed by atoms with Crippen LogP contribution in [0.1, 0.15) is 31.4 Å². The van der Waals surface area contributed by atoms with E-state index in [0.29, 0.717) is 6.04 Å². The standard InChI is InChI=1S/C16H22N2/c1-13(18-11-5-4-10-17)15-9-8-14-6-2-3-7-16(14)12-15/h2-3,6-9,12-13,18H,4-5,10-11,17H2,1H3. The number of fused-ring (bicyclic) bond motifs is 1. The molecule has 0 aliphatic carbocycles. The first-order valence-electron chi connectivity index (χ1n) is 6.73.